The zero-order chi connectivity index (χ0) is 21.4. The lowest BCUT2D eigenvalue weighted by molar-refractivity contribution is 0.248. The normalized spacial score (nSPS) is 12.2. The molecule has 0 aromatic heterocycles. The smallest absolute Gasteiger partial charge is 0.347 e. The summed E-state index contributed by atoms with van der Waals surface area (Å²) in [7, 11) is -4.01. The minimum atomic E-state index is -4.01. The summed E-state index contributed by atoms with van der Waals surface area (Å²) in [6, 6.07) is 19.4. The predicted molar refractivity (Wildman–Crippen MR) is 117 cm³/mol. The summed E-state index contributed by atoms with van der Waals surface area (Å²) in [4.78, 5) is 2.78. The molecule has 7 nitrogen and oxygen atoms in total. The van der Waals surface area contributed by atoms with Gasteiger partial charge < -0.3 is 8.92 Å². The molecule has 30 heavy (non-hydrogen) atoms. The highest BCUT2D eigenvalue weighted by Crippen LogP contribution is 2.30. The fourth-order valence-electron chi connectivity index (χ4n) is 3.06. The maximum Gasteiger partial charge on any atom is 0.347 e. The molecule has 0 bridgehead atoms. The molecule has 0 radical (unpaired) electrons. The SMILES string of the molecule is CCCCC(Oc1cccc2cc(CN=[N+]=[N-])ccc12)S(=O)(=O)Oc1ccccc1. The number of ether oxygens (including phenoxy) is 1. The first-order valence-corrected chi connectivity index (χ1v) is 11.2. The van der Waals surface area contributed by atoms with Gasteiger partial charge in [0.1, 0.15) is 11.5 Å². The zero-order valence-corrected chi connectivity index (χ0v) is 17.5. The van der Waals surface area contributed by atoms with E-state index in [2.05, 4.69) is 10.0 Å². The van der Waals surface area contributed by atoms with Crippen LogP contribution in [-0.2, 0) is 16.7 Å². The van der Waals surface area contributed by atoms with Crippen molar-refractivity contribution in [1.82, 2.24) is 0 Å². The molecular weight excluding hydrogens is 402 g/mol. The molecule has 0 aliphatic rings. The van der Waals surface area contributed by atoms with E-state index in [9.17, 15) is 8.42 Å². The monoisotopic (exact) mass is 425 g/mol. The van der Waals surface area contributed by atoms with Crippen LogP contribution in [0.4, 0.5) is 0 Å². The van der Waals surface area contributed by atoms with Gasteiger partial charge in [-0.2, -0.15) is 8.42 Å². The molecule has 0 aliphatic heterocycles. The number of hydrogen-bond donors (Lipinski definition) is 0. The molecule has 0 aliphatic carbocycles. The van der Waals surface area contributed by atoms with Crippen molar-refractivity contribution in [3.8, 4) is 11.5 Å². The van der Waals surface area contributed by atoms with Crippen molar-refractivity contribution in [2.24, 2.45) is 5.11 Å². The average Bonchev–Trinajstić information content (AvgIpc) is 2.75. The highest BCUT2D eigenvalue weighted by atomic mass is 32.2. The minimum absolute atomic E-state index is 0.246. The molecule has 8 heteroatoms. The number of hydrogen-bond acceptors (Lipinski definition) is 5. The lowest BCUT2D eigenvalue weighted by atomic mass is 10.1. The Balaban J connectivity index is 1.90. The summed E-state index contributed by atoms with van der Waals surface area (Å²) < 4.78 is 37.2. The van der Waals surface area contributed by atoms with Gasteiger partial charge in [0.05, 0.1) is 6.54 Å². The molecule has 0 amide bonds. The first-order chi connectivity index (χ1) is 14.5. The lowest BCUT2D eigenvalue weighted by Gasteiger charge is -2.20. The number of azide groups is 1. The molecule has 3 aromatic carbocycles. The van der Waals surface area contributed by atoms with Crippen molar-refractivity contribution in [2.75, 3.05) is 0 Å². The number of rotatable bonds is 10. The summed E-state index contributed by atoms with van der Waals surface area (Å²) >= 11 is 0. The fourth-order valence-corrected chi connectivity index (χ4v) is 4.22. The third-order valence-corrected chi connectivity index (χ3v) is 5.95. The van der Waals surface area contributed by atoms with Crippen LogP contribution in [0, 0.1) is 0 Å². The molecule has 3 aromatic rings. The first kappa shape index (κ1) is 21.5. The van der Waals surface area contributed by atoms with Gasteiger partial charge in [0.25, 0.3) is 0 Å². The van der Waals surface area contributed by atoms with Gasteiger partial charge in [-0.1, -0.05) is 67.0 Å². The second kappa shape index (κ2) is 10.0. The van der Waals surface area contributed by atoms with Crippen molar-refractivity contribution in [1.29, 1.82) is 0 Å². The summed E-state index contributed by atoms with van der Waals surface area (Å²) in [5.74, 6) is 0.715. The largest absolute Gasteiger partial charge is 0.470 e. The van der Waals surface area contributed by atoms with Gasteiger partial charge in [-0.05, 0) is 41.1 Å². The first-order valence-electron chi connectivity index (χ1n) is 9.71. The van der Waals surface area contributed by atoms with Gasteiger partial charge in [0, 0.05) is 16.7 Å². The summed E-state index contributed by atoms with van der Waals surface area (Å²) in [5.41, 5.74) is 8.23. The number of para-hydroxylation sites is 1. The van der Waals surface area contributed by atoms with E-state index in [1.807, 2.05) is 31.2 Å². The number of benzene rings is 3. The molecule has 0 fully saturated rings. The van der Waals surface area contributed by atoms with Crippen LogP contribution in [0.2, 0.25) is 0 Å². The van der Waals surface area contributed by atoms with Crippen LogP contribution in [0.15, 0.2) is 71.8 Å². The fraction of sp³-hybridized carbons (Fsp3) is 0.273. The molecule has 0 heterocycles. The maximum absolute atomic E-state index is 12.9. The van der Waals surface area contributed by atoms with Crippen LogP contribution in [0.3, 0.4) is 0 Å². The Labute approximate surface area is 176 Å². The van der Waals surface area contributed by atoms with Gasteiger partial charge in [0.15, 0.2) is 0 Å². The molecular formula is C22H23N3O4S. The minimum Gasteiger partial charge on any atom is -0.470 e. The second-order valence-electron chi connectivity index (χ2n) is 6.78. The van der Waals surface area contributed by atoms with Gasteiger partial charge in [0.2, 0.25) is 5.44 Å². The van der Waals surface area contributed by atoms with Crippen molar-refractivity contribution >= 4 is 20.9 Å². The van der Waals surface area contributed by atoms with Crippen LogP contribution in [-0.4, -0.2) is 13.9 Å². The van der Waals surface area contributed by atoms with E-state index in [0.29, 0.717) is 18.6 Å². The Hall–Kier alpha value is -3.22. The number of nitrogens with zero attached hydrogens (tertiary/aromatic N) is 3. The Kier molecular flexibility index (Phi) is 7.17. The van der Waals surface area contributed by atoms with E-state index in [0.717, 1.165) is 22.8 Å². The number of fused-ring (bicyclic) bond motifs is 1. The van der Waals surface area contributed by atoms with Crippen LogP contribution >= 0.6 is 0 Å². The van der Waals surface area contributed by atoms with E-state index in [-0.39, 0.29) is 12.3 Å². The Bertz CT molecular complexity index is 1140. The molecule has 0 saturated heterocycles. The summed E-state index contributed by atoms with van der Waals surface area (Å²) in [6.07, 6.45) is 1.83. The molecule has 0 saturated carbocycles. The lowest BCUT2D eigenvalue weighted by Crippen LogP contribution is -2.31. The Morgan fingerprint density at radius 2 is 1.87 bits per heavy atom. The van der Waals surface area contributed by atoms with E-state index >= 15 is 0 Å². The van der Waals surface area contributed by atoms with Crippen LogP contribution in [0.5, 0.6) is 11.5 Å². The molecule has 156 valence electrons. The quantitative estimate of drug-likeness (QED) is 0.173. The number of unbranched alkanes of at least 4 members (excludes halogenated alkanes) is 1. The van der Waals surface area contributed by atoms with Crippen molar-refractivity contribution < 1.29 is 17.3 Å². The highest BCUT2D eigenvalue weighted by Gasteiger charge is 2.29. The zero-order valence-electron chi connectivity index (χ0n) is 16.6. The van der Waals surface area contributed by atoms with Crippen molar-refractivity contribution in [3.05, 3.63) is 82.7 Å². The van der Waals surface area contributed by atoms with Gasteiger partial charge in [-0.25, -0.2) is 0 Å². The Morgan fingerprint density at radius 1 is 1.07 bits per heavy atom. The molecule has 1 atom stereocenters. The van der Waals surface area contributed by atoms with Crippen LogP contribution in [0.25, 0.3) is 21.2 Å². The predicted octanol–water partition coefficient (Wildman–Crippen LogP) is 5.95. The average molecular weight is 426 g/mol. The topological polar surface area (TPSA) is 101 Å². The van der Waals surface area contributed by atoms with E-state index < -0.39 is 15.6 Å². The summed E-state index contributed by atoms with van der Waals surface area (Å²) in [6.45, 7) is 2.24. The van der Waals surface area contributed by atoms with Crippen LogP contribution < -0.4 is 8.92 Å². The van der Waals surface area contributed by atoms with E-state index in [1.54, 1.807) is 42.5 Å². The highest BCUT2D eigenvalue weighted by molar-refractivity contribution is 7.87. The van der Waals surface area contributed by atoms with Gasteiger partial charge in [-0.3, -0.25) is 0 Å². The molecule has 1 unspecified atom stereocenters. The van der Waals surface area contributed by atoms with Gasteiger partial charge in [-0.15, -0.1) is 0 Å². The summed E-state index contributed by atoms with van der Waals surface area (Å²) in [5, 5.41) is 5.22. The van der Waals surface area contributed by atoms with Crippen molar-refractivity contribution in [2.45, 2.75) is 38.2 Å². The van der Waals surface area contributed by atoms with E-state index in [4.69, 9.17) is 14.5 Å². The molecule has 0 spiro atoms. The standard InChI is InChI=1S/C22H23N3O4S/c1-2-3-12-22(30(26,27)29-19-9-5-4-6-10-19)28-21-11-7-8-18-15-17(16-24-25-23)13-14-20(18)21/h4-11,13-15,22H,2-3,12,16H2,1H3. The van der Waals surface area contributed by atoms with Crippen LogP contribution in [0.1, 0.15) is 31.7 Å². The van der Waals surface area contributed by atoms with Crippen molar-refractivity contribution in [3.63, 3.8) is 0 Å². The third kappa shape index (κ3) is 5.43. The molecule has 3 rings (SSSR count). The second-order valence-corrected chi connectivity index (χ2v) is 8.46. The van der Waals surface area contributed by atoms with E-state index in [1.165, 1.54) is 0 Å². The van der Waals surface area contributed by atoms with Gasteiger partial charge >= 0.3 is 10.1 Å². The Morgan fingerprint density at radius 3 is 2.60 bits per heavy atom. The maximum atomic E-state index is 12.9. The third-order valence-electron chi connectivity index (χ3n) is 4.55. The molecule has 0 N–H and O–H groups in total.